The number of hydrogen-bond donors (Lipinski definition) is 2. The van der Waals surface area contributed by atoms with Gasteiger partial charge in [0.15, 0.2) is 0 Å². The zero-order chi connectivity index (χ0) is 29.7. The molecule has 0 radical (unpaired) electrons. The number of likely N-dealkylation sites (tertiary alicyclic amines) is 1. The van der Waals surface area contributed by atoms with Crippen molar-refractivity contribution in [3.05, 3.63) is 35.0 Å². The van der Waals surface area contributed by atoms with Gasteiger partial charge >= 0.3 is 0 Å². The van der Waals surface area contributed by atoms with E-state index in [1.165, 1.54) is 4.90 Å². The molecule has 1 aliphatic rings. The van der Waals surface area contributed by atoms with Gasteiger partial charge in [-0.15, -0.1) is 11.3 Å². The van der Waals surface area contributed by atoms with Crippen molar-refractivity contribution in [2.75, 3.05) is 33.8 Å². The van der Waals surface area contributed by atoms with Crippen LogP contribution in [-0.2, 0) is 16.1 Å². The summed E-state index contributed by atoms with van der Waals surface area (Å²) in [5.41, 5.74) is 4.68. The number of benzene rings is 1. The van der Waals surface area contributed by atoms with Gasteiger partial charge in [-0.25, -0.2) is 4.98 Å². The van der Waals surface area contributed by atoms with Crippen molar-refractivity contribution in [3.8, 4) is 16.2 Å². The minimum atomic E-state index is -0.694. The van der Waals surface area contributed by atoms with E-state index >= 15 is 0 Å². The molecule has 220 valence electrons. The summed E-state index contributed by atoms with van der Waals surface area (Å²) >= 11 is 1.58. The Morgan fingerprint density at radius 1 is 1.21 bits per heavy atom. The number of nitrogens with one attached hydrogen (secondary N) is 1. The van der Waals surface area contributed by atoms with Gasteiger partial charge in [-0.2, -0.15) is 0 Å². The molecule has 3 rings (SSSR count). The van der Waals surface area contributed by atoms with E-state index in [4.69, 9.17) is 4.74 Å². The van der Waals surface area contributed by atoms with Crippen molar-refractivity contribution in [2.45, 2.75) is 80.5 Å². The van der Waals surface area contributed by atoms with E-state index in [1.807, 2.05) is 98.1 Å². The number of carbonyl (C=O) groups is 2. The predicted molar refractivity (Wildman–Crippen MR) is 161 cm³/mol. The minimum absolute atomic E-state index is 0.0892. The van der Waals surface area contributed by atoms with Gasteiger partial charge in [-0.05, 0) is 38.6 Å². The molecule has 0 aliphatic carbocycles. The van der Waals surface area contributed by atoms with E-state index in [1.54, 1.807) is 11.3 Å². The van der Waals surface area contributed by atoms with Crippen LogP contribution in [0, 0.1) is 18.8 Å². The van der Waals surface area contributed by atoms with Gasteiger partial charge in [0.05, 0.1) is 22.2 Å². The van der Waals surface area contributed by atoms with Crippen LogP contribution in [0.4, 0.5) is 0 Å². The van der Waals surface area contributed by atoms with Gasteiger partial charge in [0.2, 0.25) is 11.8 Å². The Labute approximate surface area is 239 Å². The molecular weight excluding hydrogens is 512 g/mol. The zero-order valence-corrected chi connectivity index (χ0v) is 26.4. The summed E-state index contributed by atoms with van der Waals surface area (Å²) in [4.78, 5) is 35.1. The standard InChI is InChI=1S/C26H38N4O4S.2C2H6/c1-16(2)17(3)26(33)30-14-21(31)12-22(30)25(32)27-13-20-8-7-19(24-18(4)28-15-35-24)11-23(20)34-10-9-29(5)6;2*1-2/h7-8,11,15-17,21-22,31H,9-10,12-14H2,1-6H3,(H,27,32);2*1-2H3. The summed E-state index contributed by atoms with van der Waals surface area (Å²) < 4.78 is 6.11. The van der Waals surface area contributed by atoms with Crippen molar-refractivity contribution in [2.24, 2.45) is 11.8 Å². The highest BCUT2D eigenvalue weighted by Gasteiger charge is 2.40. The number of amides is 2. The van der Waals surface area contributed by atoms with Gasteiger partial charge < -0.3 is 25.0 Å². The smallest absolute Gasteiger partial charge is 0.243 e. The summed E-state index contributed by atoms with van der Waals surface area (Å²) in [6.45, 7) is 17.6. The van der Waals surface area contributed by atoms with Crippen molar-refractivity contribution in [1.82, 2.24) is 20.1 Å². The normalized spacial score (nSPS) is 17.2. The number of nitrogens with zero attached hydrogens (tertiary/aromatic N) is 3. The van der Waals surface area contributed by atoms with Gasteiger partial charge in [0.1, 0.15) is 18.4 Å². The number of likely N-dealkylation sites (N-methyl/N-ethyl adjacent to an activating group) is 1. The monoisotopic (exact) mass is 562 g/mol. The Kier molecular flexibility index (Phi) is 15.3. The second-order valence-corrected chi connectivity index (χ2v) is 10.7. The average Bonchev–Trinajstić information content (AvgIpc) is 3.54. The van der Waals surface area contributed by atoms with Crippen LogP contribution in [0.15, 0.2) is 23.7 Å². The first-order chi connectivity index (χ1) is 18.6. The summed E-state index contributed by atoms with van der Waals surface area (Å²) in [6.07, 6.45) is -0.445. The number of aryl methyl sites for hydroxylation is 1. The summed E-state index contributed by atoms with van der Waals surface area (Å²) in [5, 5.41) is 13.2. The lowest BCUT2D eigenvalue weighted by atomic mass is 9.96. The maximum Gasteiger partial charge on any atom is 0.243 e. The van der Waals surface area contributed by atoms with Crippen LogP contribution in [0.5, 0.6) is 5.75 Å². The fraction of sp³-hybridized carbons (Fsp3) is 0.633. The fourth-order valence-corrected chi connectivity index (χ4v) is 4.85. The molecule has 2 N–H and O–H groups in total. The number of aliphatic hydroxyl groups is 1. The first-order valence-electron chi connectivity index (χ1n) is 14.2. The van der Waals surface area contributed by atoms with Gasteiger partial charge in [-0.3, -0.25) is 9.59 Å². The summed E-state index contributed by atoms with van der Waals surface area (Å²) in [5.74, 6) is 0.313. The number of carbonyl (C=O) groups excluding carboxylic acids is 2. The van der Waals surface area contributed by atoms with Crippen LogP contribution in [0.2, 0.25) is 0 Å². The van der Waals surface area contributed by atoms with E-state index in [-0.39, 0.29) is 43.2 Å². The molecule has 1 aliphatic heterocycles. The number of β-amino-alcohol motifs (C(OH)–C–C–N with tert-alkyl or cyclic N) is 1. The molecular formula is C30H50N4O4S. The molecule has 2 aromatic rings. The maximum atomic E-state index is 13.1. The SMILES string of the molecule is CC.CC.Cc1ncsc1-c1ccc(CNC(=O)C2CC(O)CN2C(=O)C(C)C(C)C)c(OCCN(C)C)c1. The Bertz CT molecular complexity index is 1020. The lowest BCUT2D eigenvalue weighted by Crippen LogP contribution is -2.48. The van der Waals surface area contributed by atoms with Crippen LogP contribution in [0.3, 0.4) is 0 Å². The molecule has 39 heavy (non-hydrogen) atoms. The molecule has 2 amide bonds. The van der Waals surface area contributed by atoms with Crippen molar-refractivity contribution in [3.63, 3.8) is 0 Å². The zero-order valence-electron chi connectivity index (χ0n) is 25.6. The number of hydrogen-bond acceptors (Lipinski definition) is 7. The first-order valence-corrected chi connectivity index (χ1v) is 15.0. The van der Waals surface area contributed by atoms with E-state index in [9.17, 15) is 14.7 Å². The molecule has 2 heterocycles. The first kappa shape index (κ1) is 34.5. The van der Waals surface area contributed by atoms with Gasteiger partial charge in [0, 0.05) is 37.5 Å². The second kappa shape index (κ2) is 17.3. The van der Waals surface area contributed by atoms with Crippen molar-refractivity contribution >= 4 is 23.2 Å². The van der Waals surface area contributed by atoms with Crippen LogP contribution in [0.1, 0.15) is 66.1 Å². The molecule has 8 nitrogen and oxygen atoms in total. The van der Waals surface area contributed by atoms with Crippen LogP contribution >= 0.6 is 11.3 Å². The van der Waals surface area contributed by atoms with Crippen LogP contribution < -0.4 is 10.1 Å². The molecule has 1 saturated heterocycles. The quantitative estimate of drug-likeness (QED) is 0.424. The fourth-order valence-electron chi connectivity index (χ4n) is 4.05. The Morgan fingerprint density at radius 2 is 1.87 bits per heavy atom. The predicted octanol–water partition coefficient (Wildman–Crippen LogP) is 4.98. The number of aromatic nitrogens is 1. The molecule has 1 aromatic heterocycles. The van der Waals surface area contributed by atoms with Crippen LogP contribution in [-0.4, -0.2) is 77.6 Å². The molecule has 0 bridgehead atoms. The average molecular weight is 563 g/mol. The second-order valence-electron chi connectivity index (χ2n) is 9.89. The number of ether oxygens (including phenoxy) is 1. The molecule has 3 atom stereocenters. The van der Waals surface area contributed by atoms with E-state index < -0.39 is 12.1 Å². The highest BCUT2D eigenvalue weighted by Crippen LogP contribution is 2.32. The maximum absolute atomic E-state index is 13.1. The van der Waals surface area contributed by atoms with Gasteiger partial charge in [0.25, 0.3) is 0 Å². The molecule has 0 saturated carbocycles. The van der Waals surface area contributed by atoms with E-state index in [0.29, 0.717) is 12.4 Å². The molecule has 1 aromatic carbocycles. The van der Waals surface area contributed by atoms with Crippen molar-refractivity contribution < 1.29 is 19.4 Å². The lowest BCUT2D eigenvalue weighted by Gasteiger charge is -2.28. The number of thiazole rings is 1. The lowest BCUT2D eigenvalue weighted by molar-refractivity contribution is -0.142. The number of rotatable bonds is 10. The van der Waals surface area contributed by atoms with E-state index in [0.717, 1.165) is 28.2 Å². The highest BCUT2D eigenvalue weighted by atomic mass is 32.1. The topological polar surface area (TPSA) is 95.0 Å². The third-order valence-corrected chi connectivity index (χ3v) is 7.56. The van der Waals surface area contributed by atoms with Crippen LogP contribution in [0.25, 0.3) is 10.4 Å². The highest BCUT2D eigenvalue weighted by molar-refractivity contribution is 7.13. The Morgan fingerprint density at radius 3 is 2.44 bits per heavy atom. The minimum Gasteiger partial charge on any atom is -0.492 e. The molecule has 3 unspecified atom stereocenters. The number of aliphatic hydroxyl groups excluding tert-OH is 1. The third kappa shape index (κ3) is 9.89. The van der Waals surface area contributed by atoms with Crippen molar-refractivity contribution in [1.29, 1.82) is 0 Å². The summed E-state index contributed by atoms with van der Waals surface area (Å²) in [7, 11) is 3.98. The largest absolute Gasteiger partial charge is 0.492 e. The molecule has 0 spiro atoms. The molecule has 1 fully saturated rings. The third-order valence-electron chi connectivity index (χ3n) is 6.58. The van der Waals surface area contributed by atoms with Gasteiger partial charge in [-0.1, -0.05) is 60.6 Å². The Hall–Kier alpha value is -2.49. The Balaban J connectivity index is 0.00000181. The summed E-state index contributed by atoms with van der Waals surface area (Å²) in [6, 6.07) is 5.31. The molecule has 9 heteroatoms. The van der Waals surface area contributed by atoms with E-state index in [2.05, 4.69) is 10.3 Å².